The van der Waals surface area contributed by atoms with E-state index in [9.17, 15) is 24.3 Å². The van der Waals surface area contributed by atoms with Gasteiger partial charge in [0.05, 0.1) is 42.9 Å². The van der Waals surface area contributed by atoms with Crippen molar-refractivity contribution in [2.75, 3.05) is 19.5 Å². The second-order valence-corrected chi connectivity index (χ2v) is 6.07. The molecule has 0 unspecified atom stereocenters. The standard InChI is InChI=1S/C18H21NO7/c1-25-17(23)10-7-8-13(18(24)26-2)14(9-10)19-15(20)11-5-3-4-6-12(11)16(21)22/h7-9,11-12H,3-6H2,1-2H3,(H,19,20)(H,21,22)/t11-,12+/m0/s1. The first-order chi connectivity index (χ1) is 12.4. The lowest BCUT2D eigenvalue weighted by Crippen LogP contribution is -2.36. The van der Waals surface area contributed by atoms with E-state index in [0.717, 1.165) is 12.8 Å². The van der Waals surface area contributed by atoms with Crippen molar-refractivity contribution in [3.63, 3.8) is 0 Å². The zero-order valence-electron chi connectivity index (χ0n) is 14.6. The molecule has 1 aliphatic rings. The van der Waals surface area contributed by atoms with Crippen molar-refractivity contribution >= 4 is 29.5 Å². The van der Waals surface area contributed by atoms with Gasteiger partial charge in [-0.25, -0.2) is 9.59 Å². The molecule has 1 saturated carbocycles. The molecular weight excluding hydrogens is 342 g/mol. The molecular formula is C18H21NO7. The predicted octanol–water partition coefficient (Wildman–Crippen LogP) is 2.09. The Morgan fingerprint density at radius 3 is 2.19 bits per heavy atom. The topological polar surface area (TPSA) is 119 Å². The highest BCUT2D eigenvalue weighted by Crippen LogP contribution is 2.32. The summed E-state index contributed by atoms with van der Waals surface area (Å²) in [6.07, 6.45) is 2.40. The number of anilines is 1. The van der Waals surface area contributed by atoms with Crippen LogP contribution in [0.3, 0.4) is 0 Å². The maximum atomic E-state index is 12.7. The Bertz CT molecular complexity index is 728. The zero-order chi connectivity index (χ0) is 19.3. The molecule has 0 aliphatic heterocycles. The molecule has 26 heavy (non-hydrogen) atoms. The Morgan fingerprint density at radius 1 is 1.00 bits per heavy atom. The first-order valence-electron chi connectivity index (χ1n) is 8.23. The van der Waals surface area contributed by atoms with Gasteiger partial charge in [-0.15, -0.1) is 0 Å². The number of hydrogen-bond acceptors (Lipinski definition) is 6. The SMILES string of the molecule is COC(=O)c1ccc(C(=O)OC)c(NC(=O)[C@H]2CCCC[C@H]2C(=O)O)c1. The van der Waals surface area contributed by atoms with Crippen LogP contribution >= 0.6 is 0 Å². The Morgan fingerprint density at radius 2 is 1.62 bits per heavy atom. The number of carboxylic acid groups (broad SMARTS) is 1. The van der Waals surface area contributed by atoms with E-state index in [-0.39, 0.29) is 16.8 Å². The van der Waals surface area contributed by atoms with E-state index in [4.69, 9.17) is 0 Å². The van der Waals surface area contributed by atoms with Crippen molar-refractivity contribution in [3.05, 3.63) is 29.3 Å². The van der Waals surface area contributed by atoms with E-state index in [2.05, 4.69) is 14.8 Å². The van der Waals surface area contributed by atoms with Gasteiger partial charge < -0.3 is 19.9 Å². The molecule has 1 aliphatic carbocycles. The fourth-order valence-corrected chi connectivity index (χ4v) is 3.15. The second-order valence-electron chi connectivity index (χ2n) is 6.07. The Hall–Kier alpha value is -2.90. The molecule has 140 valence electrons. The van der Waals surface area contributed by atoms with Gasteiger partial charge in [-0.3, -0.25) is 9.59 Å². The van der Waals surface area contributed by atoms with Crippen LogP contribution in [0.2, 0.25) is 0 Å². The molecule has 8 nitrogen and oxygen atoms in total. The maximum Gasteiger partial charge on any atom is 0.339 e. The van der Waals surface area contributed by atoms with Crippen molar-refractivity contribution in [1.82, 2.24) is 0 Å². The van der Waals surface area contributed by atoms with E-state index in [1.807, 2.05) is 0 Å². The van der Waals surface area contributed by atoms with Gasteiger partial charge in [0, 0.05) is 0 Å². The van der Waals surface area contributed by atoms with E-state index < -0.39 is 35.7 Å². The highest BCUT2D eigenvalue weighted by atomic mass is 16.5. The second kappa shape index (κ2) is 8.46. The van der Waals surface area contributed by atoms with Gasteiger partial charge in [0.2, 0.25) is 5.91 Å². The van der Waals surface area contributed by atoms with Crippen molar-refractivity contribution < 1.29 is 33.8 Å². The molecule has 2 rings (SSSR count). The summed E-state index contributed by atoms with van der Waals surface area (Å²) < 4.78 is 9.33. The summed E-state index contributed by atoms with van der Waals surface area (Å²) in [6, 6.07) is 4.05. The Kier molecular flexibility index (Phi) is 6.32. The fourth-order valence-electron chi connectivity index (χ4n) is 3.15. The van der Waals surface area contributed by atoms with Crippen LogP contribution < -0.4 is 5.32 Å². The van der Waals surface area contributed by atoms with E-state index >= 15 is 0 Å². The smallest absolute Gasteiger partial charge is 0.339 e. The van der Waals surface area contributed by atoms with Gasteiger partial charge in [0.1, 0.15) is 0 Å². The zero-order valence-corrected chi connectivity index (χ0v) is 14.6. The third kappa shape index (κ3) is 4.19. The quantitative estimate of drug-likeness (QED) is 0.769. The Balaban J connectivity index is 2.33. The van der Waals surface area contributed by atoms with Crippen molar-refractivity contribution in [3.8, 4) is 0 Å². The van der Waals surface area contributed by atoms with Crippen molar-refractivity contribution in [2.45, 2.75) is 25.7 Å². The summed E-state index contributed by atoms with van der Waals surface area (Å²) in [7, 11) is 2.41. The number of hydrogen-bond donors (Lipinski definition) is 2. The lowest BCUT2D eigenvalue weighted by molar-refractivity contribution is -0.147. The van der Waals surface area contributed by atoms with Crippen molar-refractivity contribution in [2.24, 2.45) is 11.8 Å². The monoisotopic (exact) mass is 363 g/mol. The molecule has 0 spiro atoms. The van der Waals surface area contributed by atoms with Crippen LogP contribution in [0, 0.1) is 11.8 Å². The number of nitrogens with one attached hydrogen (secondary N) is 1. The number of methoxy groups -OCH3 is 2. The van der Waals surface area contributed by atoms with Crippen LogP contribution in [0.4, 0.5) is 5.69 Å². The van der Waals surface area contributed by atoms with Crippen LogP contribution in [0.25, 0.3) is 0 Å². The highest BCUT2D eigenvalue weighted by Gasteiger charge is 2.36. The molecule has 0 radical (unpaired) electrons. The molecule has 0 saturated heterocycles. The van der Waals surface area contributed by atoms with Gasteiger partial charge in [0.25, 0.3) is 0 Å². The number of aliphatic carboxylic acids is 1. The van der Waals surface area contributed by atoms with Gasteiger partial charge in [-0.1, -0.05) is 12.8 Å². The normalized spacial score (nSPS) is 19.3. The van der Waals surface area contributed by atoms with Gasteiger partial charge in [-0.2, -0.15) is 0 Å². The van der Waals surface area contributed by atoms with Crippen LogP contribution in [-0.2, 0) is 19.1 Å². The number of benzene rings is 1. The number of carboxylic acids is 1. The predicted molar refractivity (Wildman–Crippen MR) is 90.8 cm³/mol. The molecule has 0 heterocycles. The van der Waals surface area contributed by atoms with Gasteiger partial charge in [0.15, 0.2) is 0 Å². The number of carbonyl (C=O) groups is 4. The lowest BCUT2D eigenvalue weighted by atomic mass is 9.78. The molecule has 1 aromatic carbocycles. The minimum atomic E-state index is -1.01. The average molecular weight is 363 g/mol. The van der Waals surface area contributed by atoms with E-state index in [1.165, 1.54) is 32.4 Å². The first-order valence-corrected chi connectivity index (χ1v) is 8.23. The molecule has 2 N–H and O–H groups in total. The van der Waals surface area contributed by atoms with E-state index in [0.29, 0.717) is 12.8 Å². The summed E-state index contributed by atoms with van der Waals surface area (Å²) in [6.45, 7) is 0. The number of esters is 2. The summed E-state index contributed by atoms with van der Waals surface area (Å²) in [5.74, 6) is -4.29. The number of ether oxygens (including phenoxy) is 2. The fraction of sp³-hybridized carbons (Fsp3) is 0.444. The molecule has 1 fully saturated rings. The number of rotatable bonds is 5. The number of carbonyl (C=O) groups excluding carboxylic acids is 3. The first kappa shape index (κ1) is 19.4. The summed E-state index contributed by atoms with van der Waals surface area (Å²) in [5, 5.41) is 11.9. The van der Waals surface area contributed by atoms with Crippen LogP contribution in [0.15, 0.2) is 18.2 Å². The van der Waals surface area contributed by atoms with Crippen LogP contribution in [-0.4, -0.2) is 43.1 Å². The molecule has 1 amide bonds. The van der Waals surface area contributed by atoms with Crippen molar-refractivity contribution in [1.29, 1.82) is 0 Å². The summed E-state index contributed by atoms with van der Waals surface area (Å²) >= 11 is 0. The average Bonchev–Trinajstić information content (AvgIpc) is 2.66. The lowest BCUT2D eigenvalue weighted by Gasteiger charge is -2.27. The minimum Gasteiger partial charge on any atom is -0.481 e. The van der Waals surface area contributed by atoms with Gasteiger partial charge in [-0.05, 0) is 31.0 Å². The Labute approximate surface area is 150 Å². The van der Waals surface area contributed by atoms with Crippen LogP contribution in [0.5, 0.6) is 0 Å². The highest BCUT2D eigenvalue weighted by molar-refractivity contribution is 6.04. The summed E-state index contributed by atoms with van der Waals surface area (Å²) in [4.78, 5) is 47.7. The van der Waals surface area contributed by atoms with Gasteiger partial charge >= 0.3 is 17.9 Å². The minimum absolute atomic E-state index is 0.0659. The molecule has 0 aromatic heterocycles. The summed E-state index contributed by atoms with van der Waals surface area (Å²) in [5.41, 5.74) is 0.296. The number of amides is 1. The molecule has 8 heteroatoms. The molecule has 0 bridgehead atoms. The molecule has 2 atom stereocenters. The van der Waals surface area contributed by atoms with E-state index in [1.54, 1.807) is 0 Å². The third-order valence-corrected chi connectivity index (χ3v) is 4.52. The molecule has 1 aromatic rings. The third-order valence-electron chi connectivity index (χ3n) is 4.52. The van der Waals surface area contributed by atoms with Crippen LogP contribution in [0.1, 0.15) is 46.4 Å². The largest absolute Gasteiger partial charge is 0.481 e. The maximum absolute atomic E-state index is 12.7.